The molecule has 1 aromatic carbocycles. The van der Waals surface area contributed by atoms with Gasteiger partial charge in [-0.25, -0.2) is 22.5 Å². The molecule has 0 radical (unpaired) electrons. The molecule has 1 fully saturated rings. The number of rotatable bonds is 9. The second-order valence-corrected chi connectivity index (χ2v) is 10.4. The van der Waals surface area contributed by atoms with Gasteiger partial charge in [0.2, 0.25) is 11.8 Å². The first-order chi connectivity index (χ1) is 19.1. The number of halogens is 7. The Hall–Kier alpha value is -3.65. The van der Waals surface area contributed by atoms with E-state index < -0.39 is 85.2 Å². The van der Waals surface area contributed by atoms with Gasteiger partial charge in [-0.2, -0.15) is 18.3 Å². The smallest absolute Gasteiger partial charge is 0.365 e. The number of imidazole rings is 1. The molecule has 2 amide bonds. The van der Waals surface area contributed by atoms with Crippen LogP contribution in [0.3, 0.4) is 0 Å². The van der Waals surface area contributed by atoms with Gasteiger partial charge < -0.3 is 16.0 Å². The fourth-order valence-corrected chi connectivity index (χ4v) is 5.37. The molecule has 1 aliphatic rings. The lowest BCUT2D eigenvalue weighted by Gasteiger charge is -2.32. The number of hydrogen-bond acceptors (Lipinski definition) is 4. The number of nitrogens with one attached hydrogen (secondary N) is 2. The van der Waals surface area contributed by atoms with E-state index in [1.54, 1.807) is 25.1 Å². The van der Waals surface area contributed by atoms with Crippen molar-refractivity contribution in [2.45, 2.75) is 75.9 Å². The summed E-state index contributed by atoms with van der Waals surface area (Å²) in [5.74, 6) is -6.06. The van der Waals surface area contributed by atoms with Crippen LogP contribution < -0.4 is 11.1 Å². The number of amides is 2. The Bertz CT molecular complexity index is 1420. The molecule has 0 aliphatic heterocycles. The second-order valence-electron chi connectivity index (χ2n) is 10.4. The molecule has 4 rings (SSSR count). The van der Waals surface area contributed by atoms with Crippen molar-refractivity contribution in [2.75, 3.05) is 0 Å². The van der Waals surface area contributed by atoms with Crippen LogP contribution >= 0.6 is 0 Å². The van der Waals surface area contributed by atoms with Gasteiger partial charge in [0, 0.05) is 26.3 Å². The molecule has 1 saturated carbocycles. The molecule has 0 saturated heterocycles. The lowest BCUT2D eigenvalue weighted by Crippen LogP contribution is -2.30. The summed E-state index contributed by atoms with van der Waals surface area (Å²) in [6.07, 6.45) is -10.4. The molecule has 8 nitrogen and oxygen atoms in total. The largest absolute Gasteiger partial charge is 0.389 e. The average Bonchev–Trinajstić information content (AvgIpc) is 3.44. The summed E-state index contributed by atoms with van der Waals surface area (Å²) in [4.78, 5) is 32.0. The third-order valence-corrected chi connectivity index (χ3v) is 7.43. The van der Waals surface area contributed by atoms with Gasteiger partial charge in [0.1, 0.15) is 11.5 Å². The number of nitrogens with zero attached hydrogens (tertiary/aromatic N) is 3. The van der Waals surface area contributed by atoms with Gasteiger partial charge in [-0.15, -0.1) is 0 Å². The standard InChI is InChI=1S/C26H29F7N6O2/c1-12(35-17(40)7-10-26(31,32)33)14-3-4-15-16(11-14)37-24(36-15)18(13-5-8-25(29,30)9-6-13)20-19(23(34)41)21(22(27)28)39(2)38-20/h3-4,11-13,18,22H,5-10H2,1-2H3,(H2,34,41)(H,35,40)(H,36,37)/t12-,18+/m1/s1. The van der Waals surface area contributed by atoms with Crippen LogP contribution in [0.25, 0.3) is 11.0 Å². The number of fused-ring (bicyclic) bond motifs is 1. The molecule has 0 bridgehead atoms. The minimum Gasteiger partial charge on any atom is -0.365 e. The highest BCUT2D eigenvalue weighted by molar-refractivity contribution is 5.95. The van der Waals surface area contributed by atoms with Crippen LogP contribution in [0.15, 0.2) is 18.2 Å². The third kappa shape index (κ3) is 6.81. The van der Waals surface area contributed by atoms with Crippen LogP contribution in [-0.2, 0) is 11.8 Å². The molecule has 2 atom stereocenters. The highest BCUT2D eigenvalue weighted by atomic mass is 19.4. The summed E-state index contributed by atoms with van der Waals surface area (Å²) in [5.41, 5.74) is 5.62. The molecule has 41 heavy (non-hydrogen) atoms. The number of H-pyrrole nitrogens is 1. The normalized spacial score (nSPS) is 17.6. The van der Waals surface area contributed by atoms with Crippen LogP contribution in [0.2, 0.25) is 0 Å². The lowest BCUT2D eigenvalue weighted by atomic mass is 9.76. The fourth-order valence-electron chi connectivity index (χ4n) is 5.37. The van der Waals surface area contributed by atoms with Gasteiger partial charge in [-0.1, -0.05) is 6.07 Å². The molecule has 0 unspecified atom stereocenters. The maximum absolute atomic E-state index is 14.0. The SMILES string of the molecule is C[C@@H](NC(=O)CCC(F)(F)F)c1ccc2nc([C@H](c3nn(C)c(C(F)F)c3C(N)=O)C3CCC(F)(F)CC3)[nH]c2c1. The van der Waals surface area contributed by atoms with Crippen LogP contribution in [0.5, 0.6) is 0 Å². The Morgan fingerprint density at radius 3 is 2.46 bits per heavy atom. The fraction of sp³-hybridized carbons (Fsp3) is 0.538. The molecule has 15 heteroatoms. The second kappa shape index (κ2) is 11.3. The number of nitrogens with two attached hydrogens (primary N) is 1. The van der Waals surface area contributed by atoms with Gasteiger partial charge in [0.15, 0.2) is 0 Å². The minimum absolute atomic E-state index is 0.0136. The Kier molecular flexibility index (Phi) is 8.37. The zero-order valence-electron chi connectivity index (χ0n) is 22.2. The highest BCUT2D eigenvalue weighted by Gasteiger charge is 2.42. The van der Waals surface area contributed by atoms with Crippen molar-refractivity contribution in [2.24, 2.45) is 18.7 Å². The number of carbonyl (C=O) groups excluding carboxylic acids is 2. The number of alkyl halides is 7. The van der Waals surface area contributed by atoms with E-state index in [0.29, 0.717) is 16.6 Å². The number of aromatic nitrogens is 4. The van der Waals surface area contributed by atoms with Crippen molar-refractivity contribution in [1.82, 2.24) is 25.1 Å². The van der Waals surface area contributed by atoms with Crippen molar-refractivity contribution in [3.8, 4) is 0 Å². The number of aryl methyl sites for hydroxylation is 1. The summed E-state index contributed by atoms with van der Waals surface area (Å²) in [6.45, 7) is 1.59. The van der Waals surface area contributed by atoms with Gasteiger partial charge in [-0.3, -0.25) is 14.3 Å². The molecule has 2 aromatic heterocycles. The van der Waals surface area contributed by atoms with Crippen LogP contribution in [0.1, 0.15) is 97.0 Å². The van der Waals surface area contributed by atoms with Gasteiger partial charge in [-0.05, 0) is 43.4 Å². The summed E-state index contributed by atoms with van der Waals surface area (Å²) in [6, 6.07) is 4.16. The maximum atomic E-state index is 14.0. The molecular formula is C26H29F7N6O2. The maximum Gasteiger partial charge on any atom is 0.389 e. The Labute approximate surface area is 229 Å². The number of aromatic amines is 1. The van der Waals surface area contributed by atoms with Crippen molar-refractivity contribution in [3.05, 3.63) is 46.5 Å². The molecule has 224 valence electrons. The van der Waals surface area contributed by atoms with Gasteiger partial charge in [0.25, 0.3) is 12.3 Å². The summed E-state index contributed by atoms with van der Waals surface area (Å²) in [7, 11) is 1.23. The molecule has 1 aliphatic carbocycles. The third-order valence-electron chi connectivity index (χ3n) is 7.43. The Morgan fingerprint density at radius 1 is 1.22 bits per heavy atom. The summed E-state index contributed by atoms with van der Waals surface area (Å²) in [5, 5.41) is 6.69. The number of hydrogen-bond donors (Lipinski definition) is 3. The quantitative estimate of drug-likeness (QED) is 0.273. The predicted molar refractivity (Wildman–Crippen MR) is 133 cm³/mol. The summed E-state index contributed by atoms with van der Waals surface area (Å²) >= 11 is 0. The number of benzene rings is 1. The van der Waals surface area contributed by atoms with Crippen LogP contribution in [0.4, 0.5) is 30.7 Å². The first-order valence-corrected chi connectivity index (χ1v) is 12.9. The Morgan fingerprint density at radius 2 is 1.88 bits per heavy atom. The molecular weight excluding hydrogens is 561 g/mol. The molecule has 4 N–H and O–H groups in total. The van der Waals surface area contributed by atoms with E-state index in [1.807, 2.05) is 0 Å². The number of primary amides is 1. The van der Waals surface area contributed by atoms with E-state index in [0.717, 1.165) is 4.68 Å². The zero-order chi connectivity index (χ0) is 30.3. The van der Waals surface area contributed by atoms with Crippen molar-refractivity contribution < 1.29 is 40.3 Å². The summed E-state index contributed by atoms with van der Waals surface area (Å²) < 4.78 is 94.0. The van der Waals surface area contributed by atoms with E-state index in [2.05, 4.69) is 20.4 Å². The van der Waals surface area contributed by atoms with Crippen LogP contribution in [-0.4, -0.2) is 43.7 Å². The average molecular weight is 591 g/mol. The number of carbonyl (C=O) groups is 2. The zero-order valence-corrected chi connectivity index (χ0v) is 22.2. The first-order valence-electron chi connectivity index (χ1n) is 12.9. The molecule has 2 heterocycles. The molecule has 0 spiro atoms. The molecule has 3 aromatic rings. The predicted octanol–water partition coefficient (Wildman–Crippen LogP) is 5.81. The van der Waals surface area contributed by atoms with Crippen molar-refractivity contribution >= 4 is 22.8 Å². The monoisotopic (exact) mass is 590 g/mol. The lowest BCUT2D eigenvalue weighted by molar-refractivity contribution is -0.144. The first kappa shape index (κ1) is 30.3. The topological polar surface area (TPSA) is 119 Å². The van der Waals surface area contributed by atoms with Crippen molar-refractivity contribution in [3.63, 3.8) is 0 Å². The highest BCUT2D eigenvalue weighted by Crippen LogP contribution is 2.46. The van der Waals surface area contributed by atoms with E-state index in [-0.39, 0.29) is 24.4 Å². The van der Waals surface area contributed by atoms with E-state index >= 15 is 0 Å². The van der Waals surface area contributed by atoms with Gasteiger partial charge >= 0.3 is 6.18 Å². The van der Waals surface area contributed by atoms with Crippen LogP contribution in [0, 0.1) is 5.92 Å². The minimum atomic E-state index is -4.46. The van der Waals surface area contributed by atoms with E-state index in [9.17, 15) is 40.3 Å². The van der Waals surface area contributed by atoms with E-state index in [4.69, 9.17) is 5.73 Å². The Balaban J connectivity index is 1.71. The van der Waals surface area contributed by atoms with Gasteiger partial charge in [0.05, 0.1) is 40.7 Å². The van der Waals surface area contributed by atoms with Crippen molar-refractivity contribution in [1.29, 1.82) is 0 Å². The van der Waals surface area contributed by atoms with E-state index in [1.165, 1.54) is 7.05 Å².